The fourth-order valence-corrected chi connectivity index (χ4v) is 1.88. The molecule has 0 aliphatic carbocycles. The zero-order valence-electron chi connectivity index (χ0n) is 9.78. The van der Waals surface area contributed by atoms with E-state index in [2.05, 4.69) is 9.97 Å². The summed E-state index contributed by atoms with van der Waals surface area (Å²) in [4.78, 5) is 7.08. The fraction of sp³-hybridized carbons (Fsp3) is 0.231. The Morgan fingerprint density at radius 3 is 2.37 bits per heavy atom. The van der Waals surface area contributed by atoms with Crippen LogP contribution in [0.4, 0.5) is 13.2 Å². The smallest absolute Gasteiger partial charge is 0.226 e. The highest BCUT2D eigenvalue weighted by atomic mass is 35.5. The molecule has 1 heterocycles. The molecule has 2 aromatic rings. The van der Waals surface area contributed by atoms with Crippen LogP contribution >= 0.6 is 11.6 Å². The number of halogens is 4. The van der Waals surface area contributed by atoms with Crippen molar-refractivity contribution in [3.63, 3.8) is 0 Å². The SMILES string of the molecule is FC(F)(F)c1cnc(Cl)nc1CCc1ccccc1. The monoisotopic (exact) mass is 286 g/mol. The summed E-state index contributed by atoms with van der Waals surface area (Å²) in [6, 6.07) is 9.25. The van der Waals surface area contributed by atoms with Crippen LogP contribution in [0.15, 0.2) is 36.5 Å². The maximum atomic E-state index is 12.8. The van der Waals surface area contributed by atoms with Crippen LogP contribution < -0.4 is 0 Å². The summed E-state index contributed by atoms with van der Waals surface area (Å²) in [6.07, 6.45) is -3.09. The van der Waals surface area contributed by atoms with Crippen LogP contribution in [-0.4, -0.2) is 9.97 Å². The van der Waals surface area contributed by atoms with Crippen molar-refractivity contribution in [3.8, 4) is 0 Å². The summed E-state index contributed by atoms with van der Waals surface area (Å²) in [7, 11) is 0. The molecular formula is C13H10ClF3N2. The lowest BCUT2D eigenvalue weighted by atomic mass is 10.1. The van der Waals surface area contributed by atoms with Gasteiger partial charge in [-0.15, -0.1) is 0 Å². The highest BCUT2D eigenvalue weighted by Gasteiger charge is 2.34. The number of hydrogen-bond donors (Lipinski definition) is 0. The number of aryl methyl sites for hydroxylation is 2. The summed E-state index contributed by atoms with van der Waals surface area (Å²) in [5.74, 6) is 0. The van der Waals surface area contributed by atoms with Gasteiger partial charge in [-0.2, -0.15) is 13.2 Å². The van der Waals surface area contributed by atoms with Gasteiger partial charge in [-0.05, 0) is 30.0 Å². The molecule has 19 heavy (non-hydrogen) atoms. The van der Waals surface area contributed by atoms with E-state index >= 15 is 0 Å². The Kier molecular flexibility index (Phi) is 4.04. The van der Waals surface area contributed by atoms with Crippen LogP contribution in [0.3, 0.4) is 0 Å². The molecule has 6 heteroatoms. The quantitative estimate of drug-likeness (QED) is 0.799. The minimum Gasteiger partial charge on any atom is -0.226 e. The Bertz CT molecular complexity index is 556. The van der Waals surface area contributed by atoms with E-state index in [0.29, 0.717) is 6.42 Å². The lowest BCUT2D eigenvalue weighted by Gasteiger charge is -2.11. The second kappa shape index (κ2) is 5.57. The van der Waals surface area contributed by atoms with Gasteiger partial charge in [0, 0.05) is 6.20 Å². The van der Waals surface area contributed by atoms with Gasteiger partial charge in [0.1, 0.15) is 0 Å². The first-order valence-corrected chi connectivity index (χ1v) is 5.97. The van der Waals surface area contributed by atoms with Crippen LogP contribution in [0, 0.1) is 0 Å². The second-order valence-corrected chi connectivity index (χ2v) is 4.32. The fourth-order valence-electron chi connectivity index (χ4n) is 1.73. The molecule has 2 rings (SSSR count). The van der Waals surface area contributed by atoms with Gasteiger partial charge in [-0.1, -0.05) is 30.3 Å². The van der Waals surface area contributed by atoms with Crippen molar-refractivity contribution in [3.05, 3.63) is 58.6 Å². The van der Waals surface area contributed by atoms with Gasteiger partial charge in [-0.25, -0.2) is 9.97 Å². The zero-order chi connectivity index (χ0) is 13.9. The van der Waals surface area contributed by atoms with Crippen molar-refractivity contribution < 1.29 is 13.2 Å². The first-order valence-electron chi connectivity index (χ1n) is 5.59. The van der Waals surface area contributed by atoms with E-state index in [9.17, 15) is 13.2 Å². The molecular weight excluding hydrogens is 277 g/mol. The molecule has 0 unspecified atom stereocenters. The van der Waals surface area contributed by atoms with Crippen LogP contribution in [0.5, 0.6) is 0 Å². The molecule has 0 atom stereocenters. The Morgan fingerprint density at radius 1 is 1.05 bits per heavy atom. The summed E-state index contributed by atoms with van der Waals surface area (Å²) in [6.45, 7) is 0. The highest BCUT2D eigenvalue weighted by molar-refractivity contribution is 6.28. The standard InChI is InChI=1S/C13H10ClF3N2/c14-12-18-8-10(13(15,16)17)11(19-12)7-6-9-4-2-1-3-5-9/h1-5,8H,6-7H2. The minimum atomic E-state index is -4.46. The predicted molar refractivity (Wildman–Crippen MR) is 65.9 cm³/mol. The molecule has 1 aromatic carbocycles. The average Bonchev–Trinajstić information content (AvgIpc) is 2.36. The van der Waals surface area contributed by atoms with Gasteiger partial charge in [0.25, 0.3) is 0 Å². The number of aromatic nitrogens is 2. The molecule has 2 nitrogen and oxygen atoms in total. The molecule has 0 saturated heterocycles. The van der Waals surface area contributed by atoms with Gasteiger partial charge >= 0.3 is 6.18 Å². The lowest BCUT2D eigenvalue weighted by Crippen LogP contribution is -2.12. The number of alkyl halides is 3. The summed E-state index contributed by atoms with van der Waals surface area (Å²) in [5, 5.41) is -0.170. The van der Waals surface area contributed by atoms with E-state index in [4.69, 9.17) is 11.6 Å². The minimum absolute atomic E-state index is 0.0728. The van der Waals surface area contributed by atoms with E-state index in [-0.39, 0.29) is 17.4 Å². The molecule has 0 fully saturated rings. The first kappa shape index (κ1) is 13.8. The molecule has 0 N–H and O–H groups in total. The Morgan fingerprint density at radius 2 is 1.74 bits per heavy atom. The summed E-state index contributed by atoms with van der Waals surface area (Å²) < 4.78 is 38.3. The van der Waals surface area contributed by atoms with Crippen LogP contribution in [0.2, 0.25) is 5.28 Å². The largest absolute Gasteiger partial charge is 0.419 e. The summed E-state index contributed by atoms with van der Waals surface area (Å²) in [5.41, 5.74) is 0.0505. The summed E-state index contributed by atoms with van der Waals surface area (Å²) >= 11 is 5.56. The van der Waals surface area contributed by atoms with E-state index in [1.54, 1.807) is 0 Å². The highest BCUT2D eigenvalue weighted by Crippen LogP contribution is 2.31. The third-order valence-corrected chi connectivity index (χ3v) is 2.82. The van der Waals surface area contributed by atoms with Gasteiger partial charge < -0.3 is 0 Å². The number of hydrogen-bond acceptors (Lipinski definition) is 2. The van der Waals surface area contributed by atoms with Crippen molar-refractivity contribution in [1.82, 2.24) is 9.97 Å². The van der Waals surface area contributed by atoms with Gasteiger partial charge in [0.15, 0.2) is 0 Å². The van der Waals surface area contributed by atoms with Crippen molar-refractivity contribution in [2.75, 3.05) is 0 Å². The van der Waals surface area contributed by atoms with Crippen molar-refractivity contribution in [2.45, 2.75) is 19.0 Å². The second-order valence-electron chi connectivity index (χ2n) is 3.98. The lowest BCUT2D eigenvalue weighted by molar-refractivity contribution is -0.138. The van der Waals surface area contributed by atoms with Crippen LogP contribution in [0.1, 0.15) is 16.8 Å². The Labute approximate surface area is 113 Å². The average molecular weight is 287 g/mol. The normalized spacial score (nSPS) is 11.6. The van der Waals surface area contributed by atoms with Crippen LogP contribution in [-0.2, 0) is 19.0 Å². The maximum Gasteiger partial charge on any atom is 0.419 e. The third kappa shape index (κ3) is 3.67. The van der Waals surface area contributed by atoms with E-state index < -0.39 is 11.7 Å². The Hall–Kier alpha value is -1.62. The first-order chi connectivity index (χ1) is 8.97. The molecule has 100 valence electrons. The molecule has 0 aliphatic rings. The molecule has 1 aromatic heterocycles. The molecule has 0 amide bonds. The van der Waals surface area contributed by atoms with E-state index in [0.717, 1.165) is 11.8 Å². The molecule has 0 saturated carbocycles. The number of rotatable bonds is 3. The topological polar surface area (TPSA) is 25.8 Å². The predicted octanol–water partition coefficient (Wildman–Crippen LogP) is 3.93. The van der Waals surface area contributed by atoms with Gasteiger partial charge in [-0.3, -0.25) is 0 Å². The third-order valence-electron chi connectivity index (χ3n) is 2.64. The van der Waals surface area contributed by atoms with Gasteiger partial charge in [0.05, 0.1) is 11.3 Å². The van der Waals surface area contributed by atoms with Crippen molar-refractivity contribution in [1.29, 1.82) is 0 Å². The molecule has 0 bridgehead atoms. The van der Waals surface area contributed by atoms with Crippen molar-refractivity contribution >= 4 is 11.6 Å². The van der Waals surface area contributed by atoms with Crippen LogP contribution in [0.25, 0.3) is 0 Å². The van der Waals surface area contributed by atoms with E-state index in [1.807, 2.05) is 30.3 Å². The number of nitrogens with zero attached hydrogens (tertiary/aromatic N) is 2. The van der Waals surface area contributed by atoms with E-state index in [1.165, 1.54) is 0 Å². The Balaban J connectivity index is 2.22. The number of benzene rings is 1. The van der Waals surface area contributed by atoms with Gasteiger partial charge in [0.2, 0.25) is 5.28 Å². The molecule has 0 spiro atoms. The molecule has 0 radical (unpaired) electrons. The molecule has 0 aliphatic heterocycles. The zero-order valence-corrected chi connectivity index (χ0v) is 10.5. The maximum absolute atomic E-state index is 12.8. The van der Waals surface area contributed by atoms with Crippen molar-refractivity contribution in [2.24, 2.45) is 0 Å².